The maximum absolute atomic E-state index is 13.9. The molecule has 1 amide bonds. The molecule has 1 aliphatic rings. The fourth-order valence-electron chi connectivity index (χ4n) is 2.81. The van der Waals surface area contributed by atoms with Gasteiger partial charge in [-0.25, -0.2) is 8.78 Å². The number of anilines is 1. The fraction of sp³-hybridized carbons (Fsp3) is 0.278. The average molecular weight is 332 g/mol. The summed E-state index contributed by atoms with van der Waals surface area (Å²) in [6.45, 7) is 0.732. The average Bonchev–Trinajstić information content (AvgIpc) is 2.78. The minimum atomic E-state index is -0.764. The van der Waals surface area contributed by atoms with E-state index in [2.05, 4.69) is 0 Å². The molecule has 0 aliphatic carbocycles. The van der Waals surface area contributed by atoms with Crippen molar-refractivity contribution in [3.8, 4) is 5.75 Å². The lowest BCUT2D eigenvalue weighted by Gasteiger charge is -2.23. The summed E-state index contributed by atoms with van der Waals surface area (Å²) in [7, 11) is 0. The van der Waals surface area contributed by atoms with Gasteiger partial charge in [0.15, 0.2) is 11.6 Å². The molecule has 0 spiro atoms. The first-order valence-electron chi connectivity index (χ1n) is 7.79. The van der Waals surface area contributed by atoms with E-state index in [0.717, 1.165) is 0 Å². The first kappa shape index (κ1) is 16.4. The van der Waals surface area contributed by atoms with Gasteiger partial charge in [0.05, 0.1) is 12.3 Å². The van der Waals surface area contributed by atoms with Crippen molar-refractivity contribution in [2.45, 2.75) is 18.9 Å². The molecule has 0 radical (unpaired) electrons. The third-order valence-corrected chi connectivity index (χ3v) is 4.01. The van der Waals surface area contributed by atoms with E-state index in [-0.39, 0.29) is 23.6 Å². The molecular formula is C18H18F2N2O2. The number of carbonyl (C=O) groups is 1. The van der Waals surface area contributed by atoms with Crippen LogP contribution in [0.3, 0.4) is 0 Å². The Hall–Kier alpha value is -2.47. The highest BCUT2D eigenvalue weighted by Crippen LogP contribution is 2.34. The molecule has 2 aromatic rings. The molecule has 4 nitrogen and oxygen atoms in total. The predicted octanol–water partition coefficient (Wildman–Crippen LogP) is 3.17. The van der Waals surface area contributed by atoms with Crippen LogP contribution < -0.4 is 15.4 Å². The lowest BCUT2D eigenvalue weighted by molar-refractivity contribution is -0.119. The second kappa shape index (κ2) is 6.97. The van der Waals surface area contributed by atoms with Crippen LogP contribution in [0.1, 0.15) is 24.4 Å². The van der Waals surface area contributed by atoms with Crippen LogP contribution in [0.25, 0.3) is 0 Å². The van der Waals surface area contributed by atoms with E-state index in [1.54, 1.807) is 24.3 Å². The van der Waals surface area contributed by atoms with E-state index in [4.69, 9.17) is 10.5 Å². The number of nitrogens with two attached hydrogens (primary N) is 1. The molecule has 2 aromatic carbocycles. The van der Waals surface area contributed by atoms with Crippen molar-refractivity contribution in [1.82, 2.24) is 0 Å². The summed E-state index contributed by atoms with van der Waals surface area (Å²) < 4.78 is 33.2. The first-order chi connectivity index (χ1) is 11.6. The second-order valence-electron chi connectivity index (χ2n) is 5.67. The van der Waals surface area contributed by atoms with Crippen molar-refractivity contribution in [3.63, 3.8) is 0 Å². The molecule has 3 rings (SSSR count). The molecule has 0 fully saturated rings. The van der Waals surface area contributed by atoms with Gasteiger partial charge in [-0.3, -0.25) is 4.79 Å². The minimum Gasteiger partial charge on any atom is -0.488 e. The molecule has 126 valence electrons. The van der Waals surface area contributed by atoms with Crippen LogP contribution in [-0.2, 0) is 4.79 Å². The van der Waals surface area contributed by atoms with Crippen LogP contribution in [0.15, 0.2) is 42.5 Å². The third-order valence-electron chi connectivity index (χ3n) is 4.01. The van der Waals surface area contributed by atoms with Crippen LogP contribution in [0.5, 0.6) is 5.75 Å². The van der Waals surface area contributed by atoms with Gasteiger partial charge in [-0.1, -0.05) is 24.3 Å². The SMILES string of the molecule is N[C@@H](CC(=O)N1CCCOc2c(F)cccc21)c1ccccc1F. The van der Waals surface area contributed by atoms with E-state index >= 15 is 0 Å². The summed E-state index contributed by atoms with van der Waals surface area (Å²) in [6, 6.07) is 9.80. The molecular weight excluding hydrogens is 314 g/mol. The molecule has 2 N–H and O–H groups in total. The number of hydrogen-bond donors (Lipinski definition) is 1. The number of ether oxygens (including phenoxy) is 1. The number of para-hydroxylation sites is 1. The molecule has 0 saturated heterocycles. The van der Waals surface area contributed by atoms with Gasteiger partial charge in [0.25, 0.3) is 0 Å². The first-order valence-corrected chi connectivity index (χ1v) is 7.79. The van der Waals surface area contributed by atoms with Gasteiger partial charge in [-0.2, -0.15) is 0 Å². The van der Waals surface area contributed by atoms with Crippen molar-refractivity contribution < 1.29 is 18.3 Å². The zero-order chi connectivity index (χ0) is 17.1. The maximum Gasteiger partial charge on any atom is 0.229 e. The molecule has 0 saturated carbocycles. The standard InChI is InChI=1S/C18H18F2N2O2/c19-13-6-2-1-5-12(13)15(21)11-17(23)22-9-4-10-24-18-14(20)7-3-8-16(18)22/h1-3,5-8,15H,4,9-11,21H2/t15-/m0/s1. The molecule has 1 aliphatic heterocycles. The van der Waals surface area contributed by atoms with Crippen molar-refractivity contribution >= 4 is 11.6 Å². The molecule has 0 bridgehead atoms. The van der Waals surface area contributed by atoms with Gasteiger partial charge in [0.1, 0.15) is 5.82 Å². The van der Waals surface area contributed by atoms with Crippen LogP contribution in [0.4, 0.5) is 14.5 Å². The Morgan fingerprint density at radius 1 is 1.17 bits per heavy atom. The minimum absolute atomic E-state index is 0.0720. The van der Waals surface area contributed by atoms with E-state index in [1.807, 2.05) is 0 Å². The summed E-state index contributed by atoms with van der Waals surface area (Å²) in [5.74, 6) is -1.17. The highest BCUT2D eigenvalue weighted by Gasteiger charge is 2.26. The van der Waals surface area contributed by atoms with Crippen LogP contribution >= 0.6 is 0 Å². The van der Waals surface area contributed by atoms with E-state index < -0.39 is 17.7 Å². The van der Waals surface area contributed by atoms with Gasteiger partial charge in [0, 0.05) is 24.6 Å². The van der Waals surface area contributed by atoms with Gasteiger partial charge >= 0.3 is 0 Å². The number of fused-ring (bicyclic) bond motifs is 1. The maximum atomic E-state index is 13.9. The second-order valence-corrected chi connectivity index (χ2v) is 5.67. The van der Waals surface area contributed by atoms with Crippen LogP contribution in [0, 0.1) is 11.6 Å². The number of hydrogen-bond acceptors (Lipinski definition) is 3. The van der Waals surface area contributed by atoms with Gasteiger partial charge < -0.3 is 15.4 Å². The Kier molecular flexibility index (Phi) is 4.76. The largest absolute Gasteiger partial charge is 0.488 e. The molecule has 1 atom stereocenters. The Labute approximate surface area is 138 Å². The Balaban J connectivity index is 1.83. The summed E-state index contributed by atoms with van der Waals surface area (Å²) in [6.07, 6.45) is 0.506. The smallest absolute Gasteiger partial charge is 0.229 e. The van der Waals surface area contributed by atoms with E-state index in [0.29, 0.717) is 25.3 Å². The molecule has 24 heavy (non-hydrogen) atoms. The molecule has 0 unspecified atom stereocenters. The van der Waals surface area contributed by atoms with Crippen molar-refractivity contribution in [3.05, 3.63) is 59.7 Å². The normalized spacial score (nSPS) is 15.2. The number of halogens is 2. The number of carbonyl (C=O) groups excluding carboxylic acids is 1. The molecule has 6 heteroatoms. The van der Waals surface area contributed by atoms with Gasteiger partial charge in [0.2, 0.25) is 5.91 Å². The van der Waals surface area contributed by atoms with Crippen molar-refractivity contribution in [2.24, 2.45) is 5.73 Å². The monoisotopic (exact) mass is 332 g/mol. The van der Waals surface area contributed by atoms with Crippen LogP contribution in [0.2, 0.25) is 0 Å². The third kappa shape index (κ3) is 3.23. The van der Waals surface area contributed by atoms with Crippen molar-refractivity contribution in [1.29, 1.82) is 0 Å². The van der Waals surface area contributed by atoms with Gasteiger partial charge in [-0.05, 0) is 24.6 Å². The zero-order valence-electron chi connectivity index (χ0n) is 13.0. The fourth-order valence-corrected chi connectivity index (χ4v) is 2.81. The number of rotatable bonds is 3. The lowest BCUT2D eigenvalue weighted by Crippen LogP contribution is -2.34. The topological polar surface area (TPSA) is 55.6 Å². The highest BCUT2D eigenvalue weighted by molar-refractivity contribution is 5.95. The Bertz CT molecular complexity index is 752. The van der Waals surface area contributed by atoms with E-state index in [1.165, 1.54) is 23.1 Å². The highest BCUT2D eigenvalue weighted by atomic mass is 19.1. The molecule has 1 heterocycles. The summed E-state index contributed by atoms with van der Waals surface area (Å²) >= 11 is 0. The quantitative estimate of drug-likeness (QED) is 0.939. The van der Waals surface area contributed by atoms with Crippen molar-refractivity contribution in [2.75, 3.05) is 18.1 Å². The number of benzene rings is 2. The molecule has 0 aromatic heterocycles. The van der Waals surface area contributed by atoms with E-state index in [9.17, 15) is 13.6 Å². The number of nitrogens with zero attached hydrogens (tertiary/aromatic N) is 1. The summed E-state index contributed by atoms with van der Waals surface area (Å²) in [5, 5.41) is 0. The van der Waals surface area contributed by atoms with Gasteiger partial charge in [-0.15, -0.1) is 0 Å². The van der Waals surface area contributed by atoms with Crippen LogP contribution in [-0.4, -0.2) is 19.1 Å². The predicted molar refractivity (Wildman–Crippen MR) is 86.8 cm³/mol. The summed E-state index contributed by atoms with van der Waals surface area (Å²) in [4.78, 5) is 14.1. The lowest BCUT2D eigenvalue weighted by atomic mass is 10.0. The summed E-state index contributed by atoms with van der Waals surface area (Å²) in [5.41, 5.74) is 6.68. The number of amides is 1. The zero-order valence-corrected chi connectivity index (χ0v) is 13.0. The Morgan fingerprint density at radius 3 is 2.71 bits per heavy atom. The Morgan fingerprint density at radius 2 is 1.92 bits per heavy atom.